The van der Waals surface area contributed by atoms with Gasteiger partial charge >= 0.3 is 6.03 Å². The number of amides is 2. The monoisotopic (exact) mass is 309 g/mol. The Morgan fingerprint density at radius 2 is 2.23 bits per heavy atom. The third kappa shape index (κ3) is 5.29. The molecule has 0 spiro atoms. The highest BCUT2D eigenvalue weighted by molar-refractivity contribution is 5.74. The molecule has 0 aromatic carbocycles. The van der Waals surface area contributed by atoms with Crippen molar-refractivity contribution in [3.63, 3.8) is 0 Å². The summed E-state index contributed by atoms with van der Waals surface area (Å²) in [6.07, 6.45) is 9.16. The van der Waals surface area contributed by atoms with Gasteiger partial charge in [-0.25, -0.2) is 4.79 Å². The van der Waals surface area contributed by atoms with Gasteiger partial charge in [-0.2, -0.15) is 0 Å². The molecule has 124 valence electrons. The van der Waals surface area contributed by atoms with Crippen LogP contribution in [0, 0.1) is 0 Å². The summed E-state index contributed by atoms with van der Waals surface area (Å²) in [4.78, 5) is 11.8. The highest BCUT2D eigenvalue weighted by atomic mass is 16.5. The van der Waals surface area contributed by atoms with Crippen LogP contribution in [0.3, 0.4) is 0 Å². The van der Waals surface area contributed by atoms with Crippen molar-refractivity contribution in [1.29, 1.82) is 0 Å². The predicted octanol–water partition coefficient (Wildman–Crippen LogP) is 1.91. The van der Waals surface area contributed by atoms with Crippen LogP contribution < -0.4 is 10.6 Å². The van der Waals surface area contributed by atoms with Crippen molar-refractivity contribution in [3.8, 4) is 0 Å². The molecule has 0 bridgehead atoms. The van der Waals surface area contributed by atoms with Crippen LogP contribution in [0.2, 0.25) is 0 Å². The van der Waals surface area contributed by atoms with Gasteiger partial charge in [-0.05, 0) is 26.2 Å². The first kappa shape index (κ1) is 16.7. The molecule has 0 unspecified atom stereocenters. The molecular weight excluding hydrogens is 282 g/mol. The topological polar surface area (TPSA) is 81.1 Å². The number of urea groups is 1. The summed E-state index contributed by atoms with van der Waals surface area (Å²) in [5, 5.41) is 13.5. The molecule has 2 rings (SSSR count). The van der Waals surface area contributed by atoms with E-state index in [1.54, 1.807) is 10.9 Å². The van der Waals surface area contributed by atoms with Crippen molar-refractivity contribution in [2.24, 2.45) is 7.05 Å². The lowest BCUT2D eigenvalue weighted by molar-refractivity contribution is 0.0275. The highest BCUT2D eigenvalue weighted by Gasteiger charge is 2.14. The second-order valence-electron chi connectivity index (χ2n) is 5.91. The Morgan fingerprint density at radius 3 is 2.91 bits per heavy atom. The maximum atomic E-state index is 11.8. The van der Waals surface area contributed by atoms with E-state index < -0.39 is 0 Å². The summed E-state index contributed by atoms with van der Waals surface area (Å²) in [6, 6.07) is -0.362. The van der Waals surface area contributed by atoms with E-state index in [0.717, 1.165) is 12.2 Å². The predicted molar refractivity (Wildman–Crippen MR) is 83.4 cm³/mol. The van der Waals surface area contributed by atoms with Crippen LogP contribution in [-0.4, -0.2) is 40.1 Å². The van der Waals surface area contributed by atoms with Crippen LogP contribution >= 0.6 is 0 Å². The summed E-state index contributed by atoms with van der Waals surface area (Å²) < 4.78 is 7.62. The first-order chi connectivity index (χ1) is 10.7. The number of nitrogens with zero attached hydrogens (tertiary/aromatic N) is 3. The molecule has 1 aromatic heterocycles. The fourth-order valence-electron chi connectivity index (χ4n) is 2.75. The molecule has 22 heavy (non-hydrogen) atoms. The van der Waals surface area contributed by atoms with Gasteiger partial charge in [0.15, 0.2) is 5.82 Å². The average Bonchev–Trinajstić information content (AvgIpc) is 2.94. The fraction of sp³-hybridized carbons (Fsp3) is 0.800. The number of nitrogens with one attached hydrogen (secondary N) is 2. The Hall–Kier alpha value is -1.63. The number of aromatic nitrogens is 3. The zero-order chi connectivity index (χ0) is 15.8. The van der Waals surface area contributed by atoms with E-state index in [1.807, 2.05) is 14.0 Å². The largest absolute Gasteiger partial charge is 0.378 e. The van der Waals surface area contributed by atoms with Crippen LogP contribution in [-0.2, 0) is 11.8 Å². The molecule has 0 aliphatic heterocycles. The van der Waals surface area contributed by atoms with E-state index >= 15 is 0 Å². The third-order valence-electron chi connectivity index (χ3n) is 3.99. The summed E-state index contributed by atoms with van der Waals surface area (Å²) in [5.41, 5.74) is 0. The molecule has 1 aliphatic carbocycles. The lowest BCUT2D eigenvalue weighted by Crippen LogP contribution is -2.38. The fourth-order valence-corrected chi connectivity index (χ4v) is 2.75. The van der Waals surface area contributed by atoms with Crippen LogP contribution in [0.15, 0.2) is 6.33 Å². The second kappa shape index (κ2) is 8.73. The minimum atomic E-state index is -0.187. The maximum Gasteiger partial charge on any atom is 0.315 e. The van der Waals surface area contributed by atoms with Crippen molar-refractivity contribution in [1.82, 2.24) is 25.4 Å². The number of rotatable bonds is 7. The number of ether oxygens (including phenoxy) is 1. The molecule has 7 heteroatoms. The van der Waals surface area contributed by atoms with Crippen molar-refractivity contribution in [2.45, 2.75) is 57.6 Å². The van der Waals surface area contributed by atoms with Gasteiger partial charge in [-0.3, -0.25) is 0 Å². The minimum absolute atomic E-state index is 0.175. The molecule has 1 heterocycles. The highest BCUT2D eigenvalue weighted by Crippen LogP contribution is 2.20. The minimum Gasteiger partial charge on any atom is -0.378 e. The summed E-state index contributed by atoms with van der Waals surface area (Å²) in [6.45, 7) is 3.21. The normalized spacial score (nSPS) is 17.2. The first-order valence-electron chi connectivity index (χ1n) is 8.16. The van der Waals surface area contributed by atoms with Gasteiger partial charge in [-0.15, -0.1) is 10.2 Å². The van der Waals surface area contributed by atoms with E-state index in [1.165, 1.54) is 32.1 Å². The molecule has 2 amide bonds. The van der Waals surface area contributed by atoms with Gasteiger partial charge in [0.2, 0.25) is 0 Å². The van der Waals surface area contributed by atoms with Gasteiger partial charge in [-0.1, -0.05) is 19.3 Å². The number of carbonyl (C=O) groups excluding carboxylic acids is 1. The van der Waals surface area contributed by atoms with Crippen LogP contribution in [0.1, 0.15) is 57.3 Å². The van der Waals surface area contributed by atoms with E-state index in [4.69, 9.17) is 4.74 Å². The van der Waals surface area contributed by atoms with Gasteiger partial charge in [0.1, 0.15) is 6.33 Å². The molecule has 2 N–H and O–H groups in total. The van der Waals surface area contributed by atoms with Crippen molar-refractivity contribution < 1.29 is 9.53 Å². The molecule has 0 radical (unpaired) electrons. The lowest BCUT2D eigenvalue weighted by atomic mass is 9.98. The van der Waals surface area contributed by atoms with Crippen LogP contribution in [0.25, 0.3) is 0 Å². The summed E-state index contributed by atoms with van der Waals surface area (Å²) in [7, 11) is 1.86. The SMILES string of the molecule is C[C@H](NC(=O)NCCCOC1CCCCC1)c1nncn1C. The Bertz CT molecular complexity index is 457. The number of carbonyl (C=O) groups is 1. The third-order valence-corrected chi connectivity index (χ3v) is 3.99. The molecule has 1 saturated carbocycles. The Labute approximate surface area is 131 Å². The van der Waals surface area contributed by atoms with E-state index in [2.05, 4.69) is 20.8 Å². The quantitative estimate of drug-likeness (QED) is 0.754. The zero-order valence-electron chi connectivity index (χ0n) is 13.5. The Balaban J connectivity index is 1.55. The van der Waals surface area contributed by atoms with Crippen molar-refractivity contribution >= 4 is 6.03 Å². The van der Waals surface area contributed by atoms with Crippen LogP contribution in [0.4, 0.5) is 4.79 Å². The maximum absolute atomic E-state index is 11.8. The standard InChI is InChI=1S/C15H27N5O2/c1-12(14-19-17-11-20(14)2)18-15(21)16-9-6-10-22-13-7-4-3-5-8-13/h11-13H,3-10H2,1-2H3,(H2,16,18,21)/t12-/m0/s1. The molecule has 1 fully saturated rings. The zero-order valence-corrected chi connectivity index (χ0v) is 13.5. The van der Waals surface area contributed by atoms with E-state index in [9.17, 15) is 4.79 Å². The van der Waals surface area contributed by atoms with Gasteiger partial charge < -0.3 is 19.9 Å². The molecule has 0 saturated heterocycles. The van der Waals surface area contributed by atoms with E-state index in [-0.39, 0.29) is 12.1 Å². The number of aryl methyl sites for hydroxylation is 1. The van der Waals surface area contributed by atoms with Gasteiger partial charge in [0, 0.05) is 20.2 Å². The van der Waals surface area contributed by atoms with Gasteiger partial charge in [0.25, 0.3) is 0 Å². The molecule has 1 aromatic rings. The molecule has 7 nitrogen and oxygen atoms in total. The van der Waals surface area contributed by atoms with Gasteiger partial charge in [0.05, 0.1) is 12.1 Å². The molecular formula is C15H27N5O2. The molecule has 1 atom stereocenters. The average molecular weight is 309 g/mol. The second-order valence-corrected chi connectivity index (χ2v) is 5.91. The van der Waals surface area contributed by atoms with E-state index in [0.29, 0.717) is 19.3 Å². The van der Waals surface area contributed by atoms with Crippen molar-refractivity contribution in [3.05, 3.63) is 12.2 Å². The summed E-state index contributed by atoms with van der Waals surface area (Å²) in [5.74, 6) is 0.732. The number of hydrogen-bond acceptors (Lipinski definition) is 4. The smallest absolute Gasteiger partial charge is 0.315 e. The molecule has 1 aliphatic rings. The first-order valence-corrected chi connectivity index (χ1v) is 8.16. The summed E-state index contributed by atoms with van der Waals surface area (Å²) >= 11 is 0. The van der Waals surface area contributed by atoms with Crippen molar-refractivity contribution in [2.75, 3.05) is 13.2 Å². The Kier molecular flexibility index (Phi) is 6.64. The van der Waals surface area contributed by atoms with Crippen LogP contribution in [0.5, 0.6) is 0 Å². The Morgan fingerprint density at radius 1 is 1.45 bits per heavy atom. The lowest BCUT2D eigenvalue weighted by Gasteiger charge is -2.22. The number of hydrogen-bond donors (Lipinski definition) is 2.